The molecule has 1 atom stereocenters. The van der Waals surface area contributed by atoms with E-state index in [2.05, 4.69) is 32.7 Å². The van der Waals surface area contributed by atoms with E-state index in [-0.39, 0.29) is 11.2 Å². The molecule has 0 saturated carbocycles. The van der Waals surface area contributed by atoms with Gasteiger partial charge in [-0.2, -0.15) is 0 Å². The maximum Gasteiger partial charge on any atom is 0.124 e. The molecule has 0 spiro atoms. The fourth-order valence-electron chi connectivity index (χ4n) is 1.95. The zero-order valence-electron chi connectivity index (χ0n) is 12.0. The number of hydrogen-bond acceptors (Lipinski definition) is 1. The van der Waals surface area contributed by atoms with Crippen LogP contribution in [0.2, 0.25) is 5.02 Å². The molecule has 0 bridgehead atoms. The van der Waals surface area contributed by atoms with Gasteiger partial charge in [0.05, 0.1) is 0 Å². The number of hydrogen-bond donors (Lipinski definition) is 1. The second kappa shape index (κ2) is 7.06. The van der Waals surface area contributed by atoms with Crippen LogP contribution in [0.15, 0.2) is 30.9 Å². The lowest BCUT2D eigenvalue weighted by molar-refractivity contribution is 0.378. The van der Waals surface area contributed by atoms with E-state index in [1.807, 2.05) is 6.08 Å². The van der Waals surface area contributed by atoms with Crippen molar-refractivity contribution < 1.29 is 4.39 Å². The predicted molar refractivity (Wildman–Crippen MR) is 81.1 cm³/mol. The maximum atomic E-state index is 13.0. The van der Waals surface area contributed by atoms with Crippen molar-refractivity contribution in [2.45, 2.75) is 27.2 Å². The van der Waals surface area contributed by atoms with Crippen LogP contribution >= 0.6 is 11.6 Å². The van der Waals surface area contributed by atoms with Gasteiger partial charge in [-0.3, -0.25) is 0 Å². The lowest BCUT2D eigenvalue weighted by atomic mass is 9.83. The highest BCUT2D eigenvalue weighted by molar-refractivity contribution is 6.31. The number of benzene rings is 1. The van der Waals surface area contributed by atoms with E-state index in [1.54, 1.807) is 6.07 Å². The Kier molecular flexibility index (Phi) is 6.02. The molecule has 1 aromatic carbocycles. The lowest BCUT2D eigenvalue weighted by Gasteiger charge is -2.27. The van der Waals surface area contributed by atoms with Gasteiger partial charge < -0.3 is 5.32 Å². The normalized spacial score (nSPS) is 14.4. The second-order valence-electron chi connectivity index (χ2n) is 5.80. The average molecular weight is 284 g/mol. The van der Waals surface area contributed by atoms with Gasteiger partial charge in [-0.1, -0.05) is 44.5 Å². The van der Waals surface area contributed by atoms with Crippen LogP contribution in [0.1, 0.15) is 26.3 Å². The topological polar surface area (TPSA) is 12.0 Å². The van der Waals surface area contributed by atoms with Gasteiger partial charge in [0.2, 0.25) is 0 Å². The molecule has 0 saturated heterocycles. The van der Waals surface area contributed by atoms with E-state index < -0.39 is 0 Å². The van der Waals surface area contributed by atoms with Crippen LogP contribution in [0.5, 0.6) is 0 Å². The number of halogens is 2. The Morgan fingerprint density at radius 2 is 2.16 bits per heavy atom. The first-order valence-electron chi connectivity index (χ1n) is 6.64. The Labute approximate surface area is 120 Å². The summed E-state index contributed by atoms with van der Waals surface area (Å²) in [5.74, 6) is 0.315. The van der Waals surface area contributed by atoms with E-state index >= 15 is 0 Å². The zero-order chi connectivity index (χ0) is 14.5. The highest BCUT2D eigenvalue weighted by Gasteiger charge is 2.22. The van der Waals surface area contributed by atoms with Crippen molar-refractivity contribution in [3.63, 3.8) is 0 Å². The van der Waals surface area contributed by atoms with Gasteiger partial charge in [0, 0.05) is 17.0 Å². The Bertz CT molecular complexity index is 431. The quantitative estimate of drug-likeness (QED) is 0.729. The van der Waals surface area contributed by atoms with Gasteiger partial charge in [0.15, 0.2) is 0 Å². The van der Waals surface area contributed by atoms with Crippen LogP contribution in [-0.4, -0.2) is 13.1 Å². The van der Waals surface area contributed by atoms with Crippen molar-refractivity contribution in [1.82, 2.24) is 5.32 Å². The van der Waals surface area contributed by atoms with Gasteiger partial charge in [0.1, 0.15) is 5.82 Å². The molecule has 106 valence electrons. The van der Waals surface area contributed by atoms with Crippen molar-refractivity contribution in [2.24, 2.45) is 11.3 Å². The first-order valence-corrected chi connectivity index (χ1v) is 7.02. The first kappa shape index (κ1) is 16.2. The fourth-order valence-corrected chi connectivity index (χ4v) is 2.19. The van der Waals surface area contributed by atoms with Crippen LogP contribution in [0.25, 0.3) is 0 Å². The van der Waals surface area contributed by atoms with Gasteiger partial charge in [-0.05, 0) is 36.6 Å². The fraction of sp³-hybridized carbons (Fsp3) is 0.500. The van der Waals surface area contributed by atoms with Gasteiger partial charge >= 0.3 is 0 Å². The molecular formula is C16H23ClFN. The largest absolute Gasteiger partial charge is 0.316 e. The Hall–Kier alpha value is -0.860. The predicted octanol–water partition coefficient (Wildman–Crippen LogP) is 4.46. The molecule has 1 aromatic rings. The van der Waals surface area contributed by atoms with Crippen LogP contribution in [0, 0.1) is 17.2 Å². The van der Waals surface area contributed by atoms with Crippen molar-refractivity contribution in [3.8, 4) is 0 Å². The minimum atomic E-state index is -0.299. The van der Waals surface area contributed by atoms with Crippen LogP contribution in [-0.2, 0) is 6.42 Å². The van der Waals surface area contributed by atoms with Crippen molar-refractivity contribution in [3.05, 3.63) is 47.3 Å². The molecule has 19 heavy (non-hydrogen) atoms. The monoisotopic (exact) mass is 283 g/mol. The Balaban J connectivity index is 2.71. The SMILES string of the molecule is C=CC(C)(CNCC(C)C)Cc1ccc(F)cc1Cl. The van der Waals surface area contributed by atoms with Gasteiger partial charge in [-0.15, -0.1) is 6.58 Å². The molecule has 1 nitrogen and oxygen atoms in total. The summed E-state index contributed by atoms with van der Waals surface area (Å²) in [5, 5.41) is 3.92. The molecule has 0 fully saturated rings. The lowest BCUT2D eigenvalue weighted by Crippen LogP contribution is -2.34. The summed E-state index contributed by atoms with van der Waals surface area (Å²) in [6, 6.07) is 4.57. The first-order chi connectivity index (χ1) is 8.86. The highest BCUT2D eigenvalue weighted by Crippen LogP contribution is 2.28. The minimum Gasteiger partial charge on any atom is -0.316 e. The van der Waals surface area contributed by atoms with E-state index in [0.717, 1.165) is 25.1 Å². The molecule has 0 amide bonds. The standard InChI is InChI=1S/C16H23ClFN/c1-5-16(4,11-19-10-12(2)3)9-13-6-7-14(18)8-15(13)17/h5-8,12,19H,1,9-11H2,2-4H3. The Morgan fingerprint density at radius 3 is 2.68 bits per heavy atom. The zero-order valence-corrected chi connectivity index (χ0v) is 12.7. The molecule has 0 aliphatic rings. The third-order valence-corrected chi connectivity index (χ3v) is 3.54. The summed E-state index contributed by atoms with van der Waals surface area (Å²) in [6.07, 6.45) is 2.70. The maximum absolute atomic E-state index is 13.0. The molecular weight excluding hydrogens is 261 g/mol. The number of rotatable bonds is 7. The summed E-state index contributed by atoms with van der Waals surface area (Å²) >= 11 is 6.08. The number of nitrogens with one attached hydrogen (secondary N) is 1. The van der Waals surface area contributed by atoms with Crippen LogP contribution in [0.4, 0.5) is 4.39 Å². The molecule has 0 heterocycles. The van der Waals surface area contributed by atoms with Crippen molar-refractivity contribution >= 4 is 11.6 Å². The van der Waals surface area contributed by atoms with Gasteiger partial charge in [-0.25, -0.2) is 4.39 Å². The van der Waals surface area contributed by atoms with Crippen molar-refractivity contribution in [2.75, 3.05) is 13.1 Å². The van der Waals surface area contributed by atoms with E-state index in [0.29, 0.717) is 10.9 Å². The van der Waals surface area contributed by atoms with Crippen LogP contribution < -0.4 is 5.32 Å². The smallest absolute Gasteiger partial charge is 0.124 e. The van der Waals surface area contributed by atoms with E-state index in [4.69, 9.17) is 11.6 Å². The average Bonchev–Trinajstić information content (AvgIpc) is 2.32. The Morgan fingerprint density at radius 1 is 1.47 bits per heavy atom. The molecule has 0 aliphatic heterocycles. The summed E-state index contributed by atoms with van der Waals surface area (Å²) < 4.78 is 13.0. The molecule has 1 N–H and O–H groups in total. The highest BCUT2D eigenvalue weighted by atomic mass is 35.5. The summed E-state index contributed by atoms with van der Waals surface area (Å²) in [6.45, 7) is 12.2. The molecule has 1 rings (SSSR count). The third-order valence-electron chi connectivity index (χ3n) is 3.18. The molecule has 0 aromatic heterocycles. The summed E-state index contributed by atoms with van der Waals surface area (Å²) in [5.41, 5.74) is 0.868. The molecule has 0 radical (unpaired) electrons. The van der Waals surface area contributed by atoms with Gasteiger partial charge in [0.25, 0.3) is 0 Å². The summed E-state index contributed by atoms with van der Waals surface area (Å²) in [4.78, 5) is 0. The second-order valence-corrected chi connectivity index (χ2v) is 6.20. The van der Waals surface area contributed by atoms with E-state index in [9.17, 15) is 4.39 Å². The molecule has 0 aliphatic carbocycles. The molecule has 1 unspecified atom stereocenters. The van der Waals surface area contributed by atoms with Crippen molar-refractivity contribution in [1.29, 1.82) is 0 Å². The summed E-state index contributed by atoms with van der Waals surface area (Å²) in [7, 11) is 0. The van der Waals surface area contributed by atoms with Crippen LogP contribution in [0.3, 0.4) is 0 Å². The third kappa shape index (κ3) is 5.33. The van der Waals surface area contributed by atoms with E-state index in [1.165, 1.54) is 12.1 Å². The minimum absolute atomic E-state index is 0.0869. The molecule has 3 heteroatoms.